The minimum atomic E-state index is -0.638. The number of amides is 1. The van der Waals surface area contributed by atoms with Crippen molar-refractivity contribution in [2.45, 2.75) is 6.61 Å². The van der Waals surface area contributed by atoms with E-state index < -0.39 is 5.91 Å². The Morgan fingerprint density at radius 2 is 1.88 bits per heavy atom. The molecule has 6 heteroatoms. The first-order valence-electron chi connectivity index (χ1n) is 7.46. The average molecular weight is 401 g/mol. The number of benzene rings is 2. The Kier molecular flexibility index (Phi) is 5.09. The van der Waals surface area contributed by atoms with Crippen LogP contribution in [0.25, 0.3) is 11.1 Å². The van der Waals surface area contributed by atoms with Gasteiger partial charge in [0.25, 0.3) is 5.91 Å². The number of hydrogen-bond donors (Lipinski definition) is 1. The third-order valence-electron chi connectivity index (χ3n) is 3.62. The number of aromatic nitrogens is 1. The van der Waals surface area contributed by atoms with E-state index in [2.05, 4.69) is 20.9 Å². The predicted octanol–water partition coefficient (Wildman–Crippen LogP) is 4.33. The van der Waals surface area contributed by atoms with Crippen LogP contribution in [0, 0.1) is 5.82 Å². The molecule has 25 heavy (non-hydrogen) atoms. The van der Waals surface area contributed by atoms with Crippen molar-refractivity contribution < 1.29 is 13.9 Å². The number of primary amides is 1. The topological polar surface area (TPSA) is 65.2 Å². The first-order chi connectivity index (χ1) is 12.0. The molecular weight excluding hydrogens is 387 g/mol. The summed E-state index contributed by atoms with van der Waals surface area (Å²) >= 11 is 3.47. The van der Waals surface area contributed by atoms with Crippen LogP contribution in [-0.4, -0.2) is 10.9 Å². The molecule has 0 saturated carbocycles. The van der Waals surface area contributed by atoms with Gasteiger partial charge >= 0.3 is 0 Å². The van der Waals surface area contributed by atoms with Crippen LogP contribution in [0.2, 0.25) is 0 Å². The quantitative estimate of drug-likeness (QED) is 0.692. The van der Waals surface area contributed by atoms with Gasteiger partial charge < -0.3 is 10.5 Å². The van der Waals surface area contributed by atoms with Crippen LogP contribution in [0.3, 0.4) is 0 Å². The Bertz CT molecular complexity index is 914. The molecule has 1 heterocycles. The smallest absolute Gasteiger partial charge is 0.267 e. The third-order valence-corrected chi connectivity index (χ3v) is 4.39. The maximum absolute atomic E-state index is 13.2. The predicted molar refractivity (Wildman–Crippen MR) is 96.6 cm³/mol. The van der Waals surface area contributed by atoms with E-state index in [1.807, 2.05) is 24.3 Å². The van der Waals surface area contributed by atoms with Gasteiger partial charge in [-0.1, -0.05) is 46.3 Å². The molecule has 0 aliphatic heterocycles. The highest BCUT2D eigenvalue weighted by Gasteiger charge is 2.13. The maximum Gasteiger partial charge on any atom is 0.267 e. The highest BCUT2D eigenvalue weighted by atomic mass is 79.9. The lowest BCUT2D eigenvalue weighted by Gasteiger charge is -2.13. The van der Waals surface area contributed by atoms with Gasteiger partial charge in [-0.05, 0) is 29.8 Å². The normalized spacial score (nSPS) is 10.5. The van der Waals surface area contributed by atoms with E-state index in [1.165, 1.54) is 18.3 Å². The number of pyridine rings is 1. The number of rotatable bonds is 5. The number of carbonyl (C=O) groups excluding carboxylic acids is 1. The molecule has 0 fully saturated rings. The van der Waals surface area contributed by atoms with Gasteiger partial charge in [0.1, 0.15) is 23.9 Å². The molecule has 0 spiro atoms. The number of nitrogens with zero attached hydrogens (tertiary/aromatic N) is 1. The van der Waals surface area contributed by atoms with Gasteiger partial charge in [0, 0.05) is 15.6 Å². The van der Waals surface area contributed by atoms with Crippen LogP contribution >= 0.6 is 15.9 Å². The zero-order chi connectivity index (χ0) is 17.8. The highest BCUT2D eigenvalue weighted by molar-refractivity contribution is 9.10. The molecular formula is C19H14BrFN2O2. The van der Waals surface area contributed by atoms with Crippen LogP contribution in [0.15, 0.2) is 65.3 Å². The van der Waals surface area contributed by atoms with Gasteiger partial charge in [-0.15, -0.1) is 0 Å². The van der Waals surface area contributed by atoms with Crippen LogP contribution in [-0.2, 0) is 6.61 Å². The summed E-state index contributed by atoms with van der Waals surface area (Å²) in [6, 6.07) is 15.2. The van der Waals surface area contributed by atoms with E-state index in [1.54, 1.807) is 18.2 Å². The van der Waals surface area contributed by atoms with Crippen molar-refractivity contribution in [2.24, 2.45) is 5.73 Å². The van der Waals surface area contributed by atoms with Crippen LogP contribution in [0.5, 0.6) is 5.75 Å². The molecule has 3 rings (SSSR count). The fraction of sp³-hybridized carbons (Fsp3) is 0.0526. The highest BCUT2D eigenvalue weighted by Crippen LogP contribution is 2.31. The van der Waals surface area contributed by atoms with Crippen LogP contribution in [0.4, 0.5) is 4.39 Å². The largest absolute Gasteiger partial charge is 0.487 e. The number of ether oxygens (including phenoxy) is 1. The molecule has 1 amide bonds. The molecule has 0 atom stereocenters. The summed E-state index contributed by atoms with van der Waals surface area (Å²) in [5.74, 6) is -0.503. The van der Waals surface area contributed by atoms with E-state index in [-0.39, 0.29) is 11.5 Å². The van der Waals surface area contributed by atoms with E-state index >= 15 is 0 Å². The average Bonchev–Trinajstić information content (AvgIpc) is 2.61. The summed E-state index contributed by atoms with van der Waals surface area (Å²) in [5.41, 5.74) is 7.72. The van der Waals surface area contributed by atoms with Gasteiger partial charge in [0.15, 0.2) is 0 Å². The fourth-order valence-corrected chi connectivity index (χ4v) is 2.72. The summed E-state index contributed by atoms with van der Waals surface area (Å²) in [7, 11) is 0. The van der Waals surface area contributed by atoms with Gasteiger partial charge in [0.05, 0.1) is 6.20 Å². The third kappa shape index (κ3) is 4.03. The first kappa shape index (κ1) is 17.1. The molecule has 2 aromatic carbocycles. The van der Waals surface area contributed by atoms with Crippen molar-refractivity contribution in [3.63, 3.8) is 0 Å². The van der Waals surface area contributed by atoms with Crippen molar-refractivity contribution in [3.05, 3.63) is 82.3 Å². The summed E-state index contributed by atoms with van der Waals surface area (Å²) in [4.78, 5) is 15.5. The van der Waals surface area contributed by atoms with Crippen LogP contribution in [0.1, 0.15) is 16.1 Å². The van der Waals surface area contributed by atoms with Gasteiger partial charge in [-0.3, -0.25) is 4.79 Å². The Morgan fingerprint density at radius 1 is 1.16 bits per heavy atom. The Labute approximate surface area is 152 Å². The van der Waals surface area contributed by atoms with E-state index in [0.717, 1.165) is 10.0 Å². The number of nitrogens with two attached hydrogens (primary N) is 1. The van der Waals surface area contributed by atoms with Gasteiger partial charge in [-0.2, -0.15) is 0 Å². The van der Waals surface area contributed by atoms with Crippen molar-refractivity contribution in [1.29, 1.82) is 0 Å². The Hall–Kier alpha value is -2.73. The van der Waals surface area contributed by atoms with E-state index in [4.69, 9.17) is 10.5 Å². The Balaban J connectivity index is 1.96. The summed E-state index contributed by atoms with van der Waals surface area (Å²) in [6.45, 7) is 0.313. The minimum Gasteiger partial charge on any atom is -0.487 e. The first-order valence-corrected chi connectivity index (χ1v) is 8.26. The van der Waals surface area contributed by atoms with Crippen molar-refractivity contribution >= 4 is 21.8 Å². The van der Waals surface area contributed by atoms with E-state index in [0.29, 0.717) is 23.5 Å². The molecule has 0 saturated heterocycles. The van der Waals surface area contributed by atoms with Gasteiger partial charge in [-0.25, -0.2) is 9.37 Å². The monoisotopic (exact) mass is 400 g/mol. The summed E-state index contributed by atoms with van der Waals surface area (Å²) in [6.07, 6.45) is 1.45. The lowest BCUT2D eigenvalue weighted by molar-refractivity contribution is 0.0995. The fourth-order valence-electron chi connectivity index (χ4n) is 2.32. The molecule has 0 radical (unpaired) electrons. The second-order valence-corrected chi connectivity index (χ2v) is 6.17. The summed E-state index contributed by atoms with van der Waals surface area (Å²) < 4.78 is 20.0. The van der Waals surface area contributed by atoms with Crippen molar-refractivity contribution in [3.8, 4) is 16.9 Å². The maximum atomic E-state index is 13.2. The SMILES string of the molecule is NC(=O)c1cc(-c2ccc(F)cc2)c(OCc2ccccc2Br)cn1. The standard InChI is InChI=1S/C19H14BrFN2O2/c20-16-4-2-1-3-13(16)11-25-18-10-23-17(19(22)24)9-15(18)12-5-7-14(21)8-6-12/h1-10H,11H2,(H2,22,24). The summed E-state index contributed by atoms with van der Waals surface area (Å²) in [5, 5.41) is 0. The zero-order valence-electron chi connectivity index (χ0n) is 13.1. The zero-order valence-corrected chi connectivity index (χ0v) is 14.7. The van der Waals surface area contributed by atoms with Crippen LogP contribution < -0.4 is 10.5 Å². The molecule has 126 valence electrons. The lowest BCUT2D eigenvalue weighted by Crippen LogP contribution is -2.13. The molecule has 0 aliphatic rings. The van der Waals surface area contributed by atoms with Crippen molar-refractivity contribution in [1.82, 2.24) is 4.98 Å². The molecule has 0 aliphatic carbocycles. The van der Waals surface area contributed by atoms with Crippen molar-refractivity contribution in [2.75, 3.05) is 0 Å². The minimum absolute atomic E-state index is 0.118. The molecule has 1 aromatic heterocycles. The Morgan fingerprint density at radius 3 is 2.56 bits per heavy atom. The second-order valence-electron chi connectivity index (χ2n) is 5.32. The number of carbonyl (C=O) groups is 1. The molecule has 2 N–H and O–H groups in total. The molecule has 3 aromatic rings. The molecule has 4 nitrogen and oxygen atoms in total. The number of halogens is 2. The molecule has 0 bridgehead atoms. The molecule has 0 unspecified atom stereocenters. The second kappa shape index (κ2) is 7.44. The van der Waals surface area contributed by atoms with E-state index in [9.17, 15) is 9.18 Å². The lowest BCUT2D eigenvalue weighted by atomic mass is 10.0. The number of hydrogen-bond acceptors (Lipinski definition) is 3. The van der Waals surface area contributed by atoms with Gasteiger partial charge in [0.2, 0.25) is 0 Å².